The van der Waals surface area contributed by atoms with Crippen molar-refractivity contribution in [2.75, 3.05) is 31.6 Å². The topological polar surface area (TPSA) is 70.7 Å². The molecule has 1 aliphatic heterocycles. The zero-order chi connectivity index (χ0) is 21.5. The third kappa shape index (κ3) is 6.09. The third-order valence-electron chi connectivity index (χ3n) is 5.36. The third-order valence-corrected chi connectivity index (χ3v) is 5.68. The molecule has 30 heavy (non-hydrogen) atoms. The number of nitrogens with zero attached hydrogens (tertiary/aromatic N) is 1. The second-order valence-electron chi connectivity index (χ2n) is 7.74. The lowest BCUT2D eigenvalue weighted by Gasteiger charge is -2.33. The Balaban J connectivity index is 1.59. The zero-order valence-corrected chi connectivity index (χ0v) is 18.4. The summed E-state index contributed by atoms with van der Waals surface area (Å²) in [6.07, 6.45) is 10.7. The molecule has 1 aromatic rings. The lowest BCUT2D eigenvalue weighted by molar-refractivity contribution is -0.114. The van der Waals surface area contributed by atoms with Gasteiger partial charge in [0, 0.05) is 38.7 Å². The number of hydrogen-bond donors (Lipinski definition) is 2. The average molecular weight is 432 g/mol. The molecular formula is C23H30ClN3O3. The molecule has 0 radical (unpaired) electrons. The number of nitrogens with one attached hydrogen (secondary N) is 2. The molecule has 2 amide bonds. The van der Waals surface area contributed by atoms with Crippen LogP contribution in [0.5, 0.6) is 5.75 Å². The highest BCUT2D eigenvalue weighted by Gasteiger charge is 2.24. The van der Waals surface area contributed by atoms with Gasteiger partial charge >= 0.3 is 0 Å². The van der Waals surface area contributed by atoms with Gasteiger partial charge in [0.2, 0.25) is 5.91 Å². The molecule has 1 saturated heterocycles. The summed E-state index contributed by atoms with van der Waals surface area (Å²) < 4.78 is 5.64. The summed E-state index contributed by atoms with van der Waals surface area (Å²) in [7, 11) is 0. The first kappa shape index (κ1) is 22.4. The second kappa shape index (κ2) is 10.6. The minimum absolute atomic E-state index is 0.122. The number of halogens is 1. The summed E-state index contributed by atoms with van der Waals surface area (Å²) >= 11 is 6.28. The maximum atomic E-state index is 12.9. The molecule has 0 unspecified atom stereocenters. The van der Waals surface area contributed by atoms with Crippen LogP contribution in [0, 0.1) is 0 Å². The van der Waals surface area contributed by atoms with Crippen LogP contribution in [0.15, 0.2) is 35.9 Å². The van der Waals surface area contributed by atoms with Gasteiger partial charge in [-0.05, 0) is 38.7 Å². The molecule has 1 heterocycles. The molecule has 7 heteroatoms. The maximum Gasteiger partial charge on any atom is 0.255 e. The van der Waals surface area contributed by atoms with Gasteiger partial charge in [0.1, 0.15) is 5.75 Å². The number of ether oxygens (including phenoxy) is 1. The molecule has 0 aromatic heterocycles. The number of rotatable bonds is 7. The van der Waals surface area contributed by atoms with E-state index in [-0.39, 0.29) is 17.9 Å². The van der Waals surface area contributed by atoms with Gasteiger partial charge in [-0.3, -0.25) is 14.5 Å². The van der Waals surface area contributed by atoms with Crippen molar-refractivity contribution >= 4 is 29.1 Å². The Morgan fingerprint density at radius 2 is 2.00 bits per heavy atom. The van der Waals surface area contributed by atoms with Gasteiger partial charge in [0.25, 0.3) is 5.91 Å². The number of allylic oxidation sites excluding steroid dienone is 3. The fraction of sp³-hybridized carbons (Fsp3) is 0.478. The highest BCUT2D eigenvalue weighted by atomic mass is 35.5. The lowest BCUT2D eigenvalue weighted by Crippen LogP contribution is -2.45. The standard InChI is InChI=1S/C23H30ClN3O3/c1-3-30-22-14-21(25-16(2)28)20(24)13-19(22)23(29)26-18-9-11-27(12-10-18)15-17-7-5-4-6-8-17/h4-5,8,13-14,18H,3,6-7,9-12,15H2,1-2H3,(H,25,28)(H,26,29). The summed E-state index contributed by atoms with van der Waals surface area (Å²) in [5.74, 6) is -0.0190. The van der Waals surface area contributed by atoms with Crippen LogP contribution in [-0.2, 0) is 4.79 Å². The van der Waals surface area contributed by atoms with Crippen molar-refractivity contribution in [2.24, 2.45) is 0 Å². The summed E-state index contributed by atoms with van der Waals surface area (Å²) in [6, 6.07) is 3.29. The minimum atomic E-state index is -0.233. The van der Waals surface area contributed by atoms with E-state index in [1.165, 1.54) is 12.5 Å². The molecule has 162 valence electrons. The molecule has 1 fully saturated rings. The first-order valence-electron chi connectivity index (χ1n) is 10.6. The molecule has 1 aliphatic carbocycles. The Morgan fingerprint density at radius 1 is 1.23 bits per heavy atom. The normalized spacial score (nSPS) is 17.4. The van der Waals surface area contributed by atoms with Crippen LogP contribution in [0.1, 0.15) is 49.9 Å². The number of carbonyl (C=O) groups is 2. The van der Waals surface area contributed by atoms with Crippen LogP contribution >= 0.6 is 11.6 Å². The molecule has 3 rings (SSSR count). The van der Waals surface area contributed by atoms with E-state index < -0.39 is 0 Å². The van der Waals surface area contributed by atoms with Crippen molar-refractivity contribution in [3.63, 3.8) is 0 Å². The molecule has 2 N–H and O–H groups in total. The lowest BCUT2D eigenvalue weighted by atomic mass is 10.0. The van der Waals surface area contributed by atoms with Crippen LogP contribution in [0.25, 0.3) is 0 Å². The Bertz CT molecular complexity index is 842. The molecular weight excluding hydrogens is 402 g/mol. The van der Waals surface area contributed by atoms with Gasteiger partial charge in [-0.25, -0.2) is 0 Å². The predicted octanol–water partition coefficient (Wildman–Crippen LogP) is 4.17. The Labute approximate surface area is 183 Å². The fourth-order valence-corrected chi connectivity index (χ4v) is 4.07. The van der Waals surface area contributed by atoms with Gasteiger partial charge in [-0.15, -0.1) is 0 Å². The van der Waals surface area contributed by atoms with E-state index >= 15 is 0 Å². The predicted molar refractivity (Wildman–Crippen MR) is 120 cm³/mol. The van der Waals surface area contributed by atoms with Crippen LogP contribution in [-0.4, -0.2) is 49.0 Å². The van der Waals surface area contributed by atoms with Crippen molar-refractivity contribution in [3.8, 4) is 5.75 Å². The SMILES string of the molecule is CCOc1cc(NC(C)=O)c(Cl)cc1C(=O)NC1CCN(CC2=CCC=CC2)CC1. The van der Waals surface area contributed by atoms with E-state index in [0.29, 0.717) is 28.6 Å². The highest BCUT2D eigenvalue weighted by molar-refractivity contribution is 6.34. The van der Waals surface area contributed by atoms with E-state index in [2.05, 4.69) is 33.8 Å². The van der Waals surface area contributed by atoms with Crippen molar-refractivity contribution in [2.45, 2.75) is 45.6 Å². The smallest absolute Gasteiger partial charge is 0.255 e. The van der Waals surface area contributed by atoms with Crippen molar-refractivity contribution < 1.29 is 14.3 Å². The fourth-order valence-electron chi connectivity index (χ4n) is 3.86. The van der Waals surface area contributed by atoms with E-state index in [1.807, 2.05) is 6.92 Å². The van der Waals surface area contributed by atoms with Crippen LogP contribution in [0.2, 0.25) is 5.02 Å². The highest BCUT2D eigenvalue weighted by Crippen LogP contribution is 2.31. The van der Waals surface area contributed by atoms with Gasteiger partial charge < -0.3 is 15.4 Å². The zero-order valence-electron chi connectivity index (χ0n) is 17.7. The van der Waals surface area contributed by atoms with Gasteiger partial charge in [-0.2, -0.15) is 0 Å². The van der Waals surface area contributed by atoms with Crippen molar-refractivity contribution in [3.05, 3.63) is 46.5 Å². The Hall–Kier alpha value is -2.31. The number of carbonyl (C=O) groups excluding carboxylic acids is 2. The molecule has 0 bridgehead atoms. The van der Waals surface area contributed by atoms with Gasteiger partial charge in [0.15, 0.2) is 0 Å². The molecule has 0 saturated carbocycles. The summed E-state index contributed by atoms with van der Waals surface area (Å²) in [4.78, 5) is 26.7. The van der Waals surface area contributed by atoms with E-state index in [0.717, 1.165) is 45.3 Å². The summed E-state index contributed by atoms with van der Waals surface area (Å²) in [6.45, 7) is 6.61. The quantitative estimate of drug-likeness (QED) is 0.636. The number of benzene rings is 1. The number of amides is 2. The van der Waals surface area contributed by atoms with Crippen molar-refractivity contribution in [1.82, 2.24) is 10.2 Å². The number of piperidine rings is 1. The summed E-state index contributed by atoms with van der Waals surface area (Å²) in [5.41, 5.74) is 2.30. The molecule has 0 spiro atoms. The maximum absolute atomic E-state index is 12.9. The van der Waals surface area contributed by atoms with Gasteiger partial charge in [0.05, 0.1) is 22.9 Å². The van der Waals surface area contributed by atoms with Crippen LogP contribution in [0.3, 0.4) is 0 Å². The average Bonchev–Trinajstić information content (AvgIpc) is 2.72. The van der Waals surface area contributed by atoms with Crippen molar-refractivity contribution in [1.29, 1.82) is 0 Å². The van der Waals surface area contributed by atoms with E-state index in [4.69, 9.17) is 16.3 Å². The molecule has 6 nitrogen and oxygen atoms in total. The summed E-state index contributed by atoms with van der Waals surface area (Å²) in [5, 5.41) is 6.10. The molecule has 0 atom stereocenters. The van der Waals surface area contributed by atoms with Gasteiger partial charge in [-0.1, -0.05) is 35.4 Å². The van der Waals surface area contributed by atoms with Crippen LogP contribution in [0.4, 0.5) is 5.69 Å². The second-order valence-corrected chi connectivity index (χ2v) is 8.15. The van der Waals surface area contributed by atoms with E-state index in [1.54, 1.807) is 12.1 Å². The minimum Gasteiger partial charge on any atom is -0.493 e. The Morgan fingerprint density at radius 3 is 2.63 bits per heavy atom. The number of anilines is 1. The largest absolute Gasteiger partial charge is 0.493 e. The number of likely N-dealkylation sites (tertiary alicyclic amines) is 1. The number of hydrogen-bond acceptors (Lipinski definition) is 4. The first-order valence-corrected chi connectivity index (χ1v) is 10.9. The van der Waals surface area contributed by atoms with Crippen LogP contribution < -0.4 is 15.4 Å². The van der Waals surface area contributed by atoms with E-state index in [9.17, 15) is 9.59 Å². The first-order chi connectivity index (χ1) is 14.5. The molecule has 1 aromatic carbocycles. The Kier molecular flexibility index (Phi) is 7.94. The molecule has 2 aliphatic rings. The monoisotopic (exact) mass is 431 g/mol.